The summed E-state index contributed by atoms with van der Waals surface area (Å²) in [5.41, 5.74) is 3.17. The third kappa shape index (κ3) is 2.83. The van der Waals surface area contributed by atoms with Crippen molar-refractivity contribution < 1.29 is 0 Å². The first-order valence-corrected chi connectivity index (χ1v) is 6.12. The summed E-state index contributed by atoms with van der Waals surface area (Å²) in [6, 6.07) is 9.26. The normalized spacial score (nSPS) is 19.8. The van der Waals surface area contributed by atoms with Crippen molar-refractivity contribution in [1.29, 1.82) is 0 Å². The molecule has 1 aliphatic heterocycles. The van der Waals surface area contributed by atoms with Crippen LogP contribution in [-0.2, 0) is 6.54 Å². The van der Waals surface area contributed by atoms with Crippen molar-refractivity contribution in [2.24, 2.45) is 0 Å². The second-order valence-corrected chi connectivity index (χ2v) is 5.60. The van der Waals surface area contributed by atoms with Gasteiger partial charge < -0.3 is 10.6 Å². The smallest absolute Gasteiger partial charge is 0.0338 e. The molecule has 0 aromatic heterocycles. The van der Waals surface area contributed by atoms with Crippen molar-refractivity contribution in [3.63, 3.8) is 0 Å². The van der Waals surface area contributed by atoms with Gasteiger partial charge in [-0.2, -0.15) is 0 Å². The van der Waals surface area contributed by atoms with E-state index in [2.05, 4.69) is 55.7 Å². The molecule has 2 N–H and O–H groups in total. The molecule has 0 fully saturated rings. The molecule has 0 saturated carbocycles. The summed E-state index contributed by atoms with van der Waals surface area (Å²) in [6.07, 6.45) is 1.16. The molecule has 1 aromatic carbocycles. The maximum absolute atomic E-state index is 3.57. The Labute approximate surface area is 98.4 Å². The molecule has 2 nitrogen and oxygen atoms in total. The van der Waals surface area contributed by atoms with Crippen LogP contribution in [0.25, 0.3) is 0 Å². The second kappa shape index (κ2) is 4.56. The van der Waals surface area contributed by atoms with Crippen molar-refractivity contribution in [3.8, 4) is 0 Å². The minimum absolute atomic E-state index is 0.220. The van der Waals surface area contributed by atoms with Crippen LogP contribution in [0.3, 0.4) is 0 Å². The van der Waals surface area contributed by atoms with Gasteiger partial charge in [0.1, 0.15) is 0 Å². The zero-order valence-corrected chi connectivity index (χ0v) is 10.5. The lowest BCUT2D eigenvalue weighted by Gasteiger charge is -2.22. The van der Waals surface area contributed by atoms with Crippen molar-refractivity contribution in [2.75, 3.05) is 6.54 Å². The number of hydrogen-bond acceptors (Lipinski definition) is 2. The highest BCUT2D eigenvalue weighted by molar-refractivity contribution is 5.33. The van der Waals surface area contributed by atoms with Gasteiger partial charge in [-0.1, -0.05) is 24.3 Å². The molecule has 2 heteroatoms. The maximum Gasteiger partial charge on any atom is 0.0338 e. The first kappa shape index (κ1) is 11.6. The van der Waals surface area contributed by atoms with Gasteiger partial charge in [0.2, 0.25) is 0 Å². The highest BCUT2D eigenvalue weighted by atomic mass is 15.0. The average Bonchev–Trinajstić information content (AvgIpc) is 2.60. The molecule has 16 heavy (non-hydrogen) atoms. The number of hydrogen-bond donors (Lipinski definition) is 2. The Morgan fingerprint density at radius 3 is 2.81 bits per heavy atom. The molecule has 1 unspecified atom stereocenters. The van der Waals surface area contributed by atoms with Crippen LogP contribution in [0.2, 0.25) is 0 Å². The van der Waals surface area contributed by atoms with E-state index >= 15 is 0 Å². The van der Waals surface area contributed by atoms with Crippen LogP contribution in [0.15, 0.2) is 24.3 Å². The molecular formula is C14H22N2. The largest absolute Gasteiger partial charge is 0.312 e. The van der Waals surface area contributed by atoms with Crippen molar-refractivity contribution >= 4 is 0 Å². The Kier molecular flexibility index (Phi) is 3.31. The van der Waals surface area contributed by atoms with Crippen molar-refractivity contribution in [1.82, 2.24) is 10.6 Å². The van der Waals surface area contributed by atoms with Crippen LogP contribution in [0.5, 0.6) is 0 Å². The van der Waals surface area contributed by atoms with Crippen LogP contribution in [0, 0.1) is 0 Å². The molecule has 1 aliphatic rings. The van der Waals surface area contributed by atoms with E-state index in [0.717, 1.165) is 19.5 Å². The zero-order valence-electron chi connectivity index (χ0n) is 10.5. The van der Waals surface area contributed by atoms with Gasteiger partial charge in [-0.15, -0.1) is 0 Å². The van der Waals surface area contributed by atoms with E-state index in [1.54, 1.807) is 0 Å². The molecule has 0 saturated heterocycles. The van der Waals surface area contributed by atoms with E-state index in [4.69, 9.17) is 0 Å². The van der Waals surface area contributed by atoms with Gasteiger partial charge in [0, 0.05) is 18.1 Å². The molecule has 1 heterocycles. The molecule has 0 radical (unpaired) electrons. The summed E-state index contributed by atoms with van der Waals surface area (Å²) < 4.78 is 0. The second-order valence-electron chi connectivity index (χ2n) is 5.60. The molecule has 0 amide bonds. The van der Waals surface area contributed by atoms with Crippen LogP contribution >= 0.6 is 0 Å². The fraction of sp³-hybridized carbons (Fsp3) is 0.571. The summed E-state index contributed by atoms with van der Waals surface area (Å²) in [4.78, 5) is 0. The van der Waals surface area contributed by atoms with Crippen LogP contribution in [-0.4, -0.2) is 12.1 Å². The first-order valence-electron chi connectivity index (χ1n) is 6.12. The molecule has 0 aliphatic carbocycles. The van der Waals surface area contributed by atoms with Gasteiger partial charge in [0.05, 0.1) is 0 Å². The summed E-state index contributed by atoms with van der Waals surface area (Å²) >= 11 is 0. The van der Waals surface area contributed by atoms with E-state index in [-0.39, 0.29) is 5.54 Å². The fourth-order valence-corrected chi connectivity index (χ4v) is 2.23. The maximum atomic E-state index is 3.57. The Hall–Kier alpha value is -0.860. The van der Waals surface area contributed by atoms with E-state index in [0.29, 0.717) is 6.04 Å². The van der Waals surface area contributed by atoms with Gasteiger partial charge in [-0.25, -0.2) is 0 Å². The van der Waals surface area contributed by atoms with Gasteiger partial charge in [0.15, 0.2) is 0 Å². The SMILES string of the molecule is CC(C)(C)NCCC1NCc2ccccc21. The highest BCUT2D eigenvalue weighted by Gasteiger charge is 2.21. The Balaban J connectivity index is 1.89. The predicted octanol–water partition coefficient (Wildman–Crippen LogP) is 2.61. The van der Waals surface area contributed by atoms with Gasteiger partial charge in [-0.3, -0.25) is 0 Å². The average molecular weight is 218 g/mol. The van der Waals surface area contributed by atoms with E-state index in [9.17, 15) is 0 Å². The summed E-state index contributed by atoms with van der Waals surface area (Å²) in [5.74, 6) is 0. The standard InChI is InChI=1S/C14H22N2/c1-14(2,3)16-9-8-13-12-7-5-4-6-11(12)10-15-13/h4-7,13,15-16H,8-10H2,1-3H3. The van der Waals surface area contributed by atoms with Crippen LogP contribution < -0.4 is 10.6 Å². The third-order valence-electron chi connectivity index (χ3n) is 3.06. The lowest BCUT2D eigenvalue weighted by Crippen LogP contribution is -2.37. The Morgan fingerprint density at radius 1 is 1.31 bits per heavy atom. The molecule has 0 bridgehead atoms. The third-order valence-corrected chi connectivity index (χ3v) is 3.06. The molecule has 0 spiro atoms. The fourth-order valence-electron chi connectivity index (χ4n) is 2.23. The van der Waals surface area contributed by atoms with Crippen molar-refractivity contribution in [2.45, 2.75) is 45.3 Å². The van der Waals surface area contributed by atoms with Gasteiger partial charge >= 0.3 is 0 Å². The summed E-state index contributed by atoms with van der Waals surface area (Å²) in [7, 11) is 0. The quantitative estimate of drug-likeness (QED) is 0.815. The molecule has 1 atom stereocenters. The Morgan fingerprint density at radius 2 is 2.06 bits per heavy atom. The minimum Gasteiger partial charge on any atom is -0.312 e. The number of rotatable bonds is 3. The first-order chi connectivity index (χ1) is 7.56. The summed E-state index contributed by atoms with van der Waals surface area (Å²) in [6.45, 7) is 8.72. The van der Waals surface area contributed by atoms with Crippen molar-refractivity contribution in [3.05, 3.63) is 35.4 Å². The number of nitrogens with one attached hydrogen (secondary N) is 2. The topological polar surface area (TPSA) is 24.1 Å². The minimum atomic E-state index is 0.220. The van der Waals surface area contributed by atoms with E-state index in [1.165, 1.54) is 11.1 Å². The lowest BCUT2D eigenvalue weighted by molar-refractivity contribution is 0.400. The predicted molar refractivity (Wildman–Crippen MR) is 68.4 cm³/mol. The molecule has 1 aromatic rings. The molecule has 88 valence electrons. The van der Waals surface area contributed by atoms with E-state index < -0.39 is 0 Å². The lowest BCUT2D eigenvalue weighted by atomic mass is 10.0. The Bertz CT molecular complexity index is 352. The van der Waals surface area contributed by atoms with Gasteiger partial charge in [0.25, 0.3) is 0 Å². The highest BCUT2D eigenvalue weighted by Crippen LogP contribution is 2.26. The number of fused-ring (bicyclic) bond motifs is 1. The van der Waals surface area contributed by atoms with Crippen LogP contribution in [0.1, 0.15) is 44.4 Å². The number of benzene rings is 1. The zero-order chi connectivity index (χ0) is 11.6. The molecular weight excluding hydrogens is 196 g/mol. The van der Waals surface area contributed by atoms with Crippen LogP contribution in [0.4, 0.5) is 0 Å². The molecule has 2 rings (SSSR count). The van der Waals surface area contributed by atoms with Gasteiger partial charge in [-0.05, 0) is 44.9 Å². The monoisotopic (exact) mass is 218 g/mol. The van der Waals surface area contributed by atoms with E-state index in [1.807, 2.05) is 0 Å². The summed E-state index contributed by atoms with van der Waals surface area (Å²) in [5, 5.41) is 7.11.